The Morgan fingerprint density at radius 3 is 2.19 bits per heavy atom. The highest BCUT2D eigenvalue weighted by molar-refractivity contribution is 8.23. The van der Waals surface area contributed by atoms with Gasteiger partial charge in [0.2, 0.25) is 5.91 Å². The minimum Gasteiger partial charge on any atom is -0.358 e. The molecule has 2 aromatic carbocycles. The minimum absolute atomic E-state index is 0.00860. The van der Waals surface area contributed by atoms with Gasteiger partial charge in [-0.2, -0.15) is 0 Å². The van der Waals surface area contributed by atoms with Crippen LogP contribution in [-0.4, -0.2) is 34.0 Å². The number of hydrogen-bond acceptors (Lipinski definition) is 3. The fourth-order valence-electron chi connectivity index (χ4n) is 2.72. The van der Waals surface area contributed by atoms with Crippen LogP contribution in [-0.2, 0) is 11.2 Å². The lowest BCUT2D eigenvalue weighted by atomic mass is 9.99. The van der Waals surface area contributed by atoms with Crippen LogP contribution >= 0.6 is 24.0 Å². The normalized spacial score (nSPS) is 11.6. The fourth-order valence-corrected chi connectivity index (χ4v) is 3.94. The van der Waals surface area contributed by atoms with Crippen molar-refractivity contribution in [3.63, 3.8) is 0 Å². The van der Waals surface area contributed by atoms with Crippen molar-refractivity contribution < 1.29 is 4.79 Å². The number of carbonyl (C=O) groups is 1. The molecule has 0 aliphatic carbocycles. The fraction of sp³-hybridized carbons (Fsp3) is 0.333. The van der Waals surface area contributed by atoms with Crippen molar-refractivity contribution in [3.8, 4) is 0 Å². The monoisotopic (exact) mass is 386 g/mol. The lowest BCUT2D eigenvalue weighted by molar-refractivity contribution is -0.119. The lowest BCUT2D eigenvalue weighted by Crippen LogP contribution is -2.33. The summed E-state index contributed by atoms with van der Waals surface area (Å²) in [4.78, 5) is 14.6. The lowest BCUT2D eigenvalue weighted by Gasteiger charge is -2.22. The number of nitrogens with one attached hydrogen (secondary N) is 1. The molecule has 0 heterocycles. The molecule has 0 fully saturated rings. The van der Waals surface area contributed by atoms with Gasteiger partial charge >= 0.3 is 0 Å². The number of thiocarbonyl (C=S) groups is 1. The maximum atomic E-state index is 12.5. The summed E-state index contributed by atoms with van der Waals surface area (Å²) in [5.41, 5.74) is 2.31. The third-order valence-corrected chi connectivity index (χ3v) is 5.69. The Labute approximate surface area is 166 Å². The van der Waals surface area contributed by atoms with Crippen molar-refractivity contribution >= 4 is 34.2 Å². The second-order valence-corrected chi connectivity index (χ2v) is 7.56. The van der Waals surface area contributed by atoms with E-state index in [0.717, 1.165) is 29.4 Å². The van der Waals surface area contributed by atoms with Crippen LogP contribution in [0.1, 0.15) is 31.0 Å². The van der Waals surface area contributed by atoms with Crippen LogP contribution in [0.3, 0.4) is 0 Å². The SMILES string of the molecule is CCN(CC)C(=S)SCC(=O)N[C@H](Cc1ccccc1)c1ccccc1. The van der Waals surface area contributed by atoms with Gasteiger partial charge in [0.1, 0.15) is 4.32 Å². The van der Waals surface area contributed by atoms with Gasteiger partial charge in [0.15, 0.2) is 0 Å². The minimum atomic E-state index is -0.0475. The van der Waals surface area contributed by atoms with Gasteiger partial charge in [0.25, 0.3) is 0 Å². The second kappa shape index (κ2) is 11.0. The zero-order valence-electron chi connectivity index (χ0n) is 15.4. The largest absolute Gasteiger partial charge is 0.358 e. The maximum absolute atomic E-state index is 12.5. The van der Waals surface area contributed by atoms with Gasteiger partial charge in [-0.1, -0.05) is 84.6 Å². The molecule has 0 radical (unpaired) electrons. The molecule has 138 valence electrons. The Bertz CT molecular complexity index is 688. The molecule has 0 saturated carbocycles. The molecule has 26 heavy (non-hydrogen) atoms. The number of benzene rings is 2. The summed E-state index contributed by atoms with van der Waals surface area (Å²) in [7, 11) is 0. The van der Waals surface area contributed by atoms with Gasteiger partial charge in [-0.05, 0) is 31.4 Å². The molecule has 0 aliphatic heterocycles. The van der Waals surface area contributed by atoms with Gasteiger partial charge in [-0.15, -0.1) is 0 Å². The number of nitrogens with zero attached hydrogens (tertiary/aromatic N) is 1. The number of rotatable bonds is 8. The molecule has 0 aliphatic rings. The molecule has 1 N–H and O–H groups in total. The second-order valence-electron chi connectivity index (χ2n) is 5.95. The first-order chi connectivity index (χ1) is 12.6. The summed E-state index contributed by atoms with van der Waals surface area (Å²) < 4.78 is 0.782. The zero-order chi connectivity index (χ0) is 18.8. The topological polar surface area (TPSA) is 32.3 Å². The molecule has 2 aromatic rings. The van der Waals surface area contributed by atoms with Crippen LogP contribution in [0, 0.1) is 0 Å². The van der Waals surface area contributed by atoms with Crippen LogP contribution in [0.4, 0.5) is 0 Å². The van der Waals surface area contributed by atoms with Gasteiger partial charge in [0, 0.05) is 13.1 Å². The highest BCUT2D eigenvalue weighted by Gasteiger charge is 2.16. The number of carbonyl (C=O) groups excluding carboxylic acids is 1. The maximum Gasteiger partial charge on any atom is 0.230 e. The predicted octanol–water partition coefficient (Wildman–Crippen LogP) is 4.45. The third-order valence-electron chi connectivity index (χ3n) is 4.17. The van der Waals surface area contributed by atoms with Crippen molar-refractivity contribution in [2.45, 2.75) is 26.3 Å². The Balaban J connectivity index is 2.00. The number of amides is 1. The standard InChI is InChI=1S/C21H26N2OS2/c1-3-23(4-2)21(25)26-16-20(24)22-19(18-13-9-6-10-14-18)15-17-11-7-5-8-12-17/h5-14,19H,3-4,15-16H2,1-2H3,(H,22,24)/t19-/m1/s1. The van der Waals surface area contributed by atoms with Crippen LogP contribution in [0.5, 0.6) is 0 Å². The van der Waals surface area contributed by atoms with E-state index in [1.54, 1.807) is 0 Å². The average molecular weight is 387 g/mol. The summed E-state index contributed by atoms with van der Waals surface area (Å²) in [6.07, 6.45) is 0.766. The first-order valence-electron chi connectivity index (χ1n) is 8.94. The van der Waals surface area contributed by atoms with Crippen LogP contribution in [0.25, 0.3) is 0 Å². The molecule has 2 rings (SSSR count). The number of hydrogen-bond donors (Lipinski definition) is 1. The summed E-state index contributed by atoms with van der Waals surface area (Å²) in [5.74, 6) is 0.349. The third kappa shape index (κ3) is 6.46. The molecule has 1 amide bonds. The molecule has 0 spiro atoms. The average Bonchev–Trinajstić information content (AvgIpc) is 2.68. The molecular formula is C21H26N2OS2. The Morgan fingerprint density at radius 1 is 1.04 bits per heavy atom. The zero-order valence-corrected chi connectivity index (χ0v) is 17.0. The number of thioether (sulfide) groups is 1. The van der Waals surface area contributed by atoms with Gasteiger partial charge in [-0.3, -0.25) is 4.79 Å². The van der Waals surface area contributed by atoms with E-state index < -0.39 is 0 Å². The van der Waals surface area contributed by atoms with Crippen molar-refractivity contribution in [2.24, 2.45) is 0 Å². The van der Waals surface area contributed by atoms with Crippen LogP contribution in [0.15, 0.2) is 60.7 Å². The van der Waals surface area contributed by atoms with E-state index in [1.165, 1.54) is 17.3 Å². The Kier molecular flexibility index (Phi) is 8.65. The van der Waals surface area contributed by atoms with E-state index in [1.807, 2.05) is 36.4 Å². The predicted molar refractivity (Wildman–Crippen MR) is 115 cm³/mol. The van der Waals surface area contributed by atoms with Gasteiger partial charge < -0.3 is 10.2 Å². The van der Waals surface area contributed by atoms with E-state index in [-0.39, 0.29) is 11.9 Å². The van der Waals surface area contributed by atoms with E-state index in [0.29, 0.717) is 5.75 Å². The quantitative estimate of drug-likeness (QED) is 0.680. The molecule has 0 aromatic heterocycles. The smallest absolute Gasteiger partial charge is 0.230 e. The summed E-state index contributed by atoms with van der Waals surface area (Å²) in [6, 6.07) is 20.3. The Morgan fingerprint density at radius 2 is 1.62 bits per heavy atom. The van der Waals surface area contributed by atoms with Crippen molar-refractivity contribution in [1.29, 1.82) is 0 Å². The summed E-state index contributed by atoms with van der Waals surface area (Å²) in [6.45, 7) is 5.87. The molecular weight excluding hydrogens is 360 g/mol. The summed E-state index contributed by atoms with van der Waals surface area (Å²) >= 11 is 6.84. The highest BCUT2D eigenvalue weighted by atomic mass is 32.2. The first-order valence-corrected chi connectivity index (χ1v) is 10.3. The first kappa shape index (κ1) is 20.5. The molecule has 3 nitrogen and oxygen atoms in total. The molecule has 0 saturated heterocycles. The summed E-state index contributed by atoms with van der Waals surface area (Å²) in [5, 5.41) is 3.17. The van der Waals surface area contributed by atoms with Crippen molar-refractivity contribution in [2.75, 3.05) is 18.8 Å². The van der Waals surface area contributed by atoms with Crippen molar-refractivity contribution in [1.82, 2.24) is 10.2 Å². The Hall–Kier alpha value is -1.85. The van der Waals surface area contributed by atoms with Gasteiger partial charge in [-0.25, -0.2) is 0 Å². The van der Waals surface area contributed by atoms with E-state index in [9.17, 15) is 4.79 Å². The highest BCUT2D eigenvalue weighted by Crippen LogP contribution is 2.19. The van der Waals surface area contributed by atoms with E-state index in [2.05, 4.69) is 48.3 Å². The van der Waals surface area contributed by atoms with E-state index in [4.69, 9.17) is 12.2 Å². The molecule has 1 atom stereocenters. The van der Waals surface area contributed by atoms with Crippen LogP contribution in [0.2, 0.25) is 0 Å². The molecule has 0 bridgehead atoms. The van der Waals surface area contributed by atoms with Crippen LogP contribution < -0.4 is 5.32 Å². The van der Waals surface area contributed by atoms with Crippen molar-refractivity contribution in [3.05, 3.63) is 71.8 Å². The molecule has 5 heteroatoms. The molecule has 0 unspecified atom stereocenters. The van der Waals surface area contributed by atoms with E-state index >= 15 is 0 Å². The van der Waals surface area contributed by atoms with Gasteiger partial charge in [0.05, 0.1) is 11.8 Å².